The monoisotopic (exact) mass is 826 g/mol. The summed E-state index contributed by atoms with van der Waals surface area (Å²) in [7, 11) is 0. The number of aromatic nitrogens is 5. The van der Waals surface area contributed by atoms with E-state index >= 15 is 14.0 Å². The lowest BCUT2D eigenvalue weighted by Crippen LogP contribution is -2.30. The van der Waals surface area contributed by atoms with E-state index in [0.29, 0.717) is 72.7 Å². The second-order valence-corrected chi connectivity index (χ2v) is 16.1. The van der Waals surface area contributed by atoms with Crippen LogP contribution in [0.5, 0.6) is 0 Å². The smallest absolute Gasteiger partial charge is 0.258 e. The molecule has 62 heavy (non-hydrogen) atoms. The quantitative estimate of drug-likeness (QED) is 0.102. The highest BCUT2D eigenvalue weighted by atomic mass is 19.1. The van der Waals surface area contributed by atoms with Crippen molar-refractivity contribution in [2.45, 2.75) is 64.8 Å². The number of para-hydroxylation sites is 3. The average Bonchev–Trinajstić information content (AvgIpc) is 4.10. The molecule has 1 atom stereocenters. The molecule has 8 aromatic rings. The number of rotatable bonds is 14. The summed E-state index contributed by atoms with van der Waals surface area (Å²) in [5.74, 6) is -1.28. The third-order valence-corrected chi connectivity index (χ3v) is 12.0. The molecule has 1 aliphatic heterocycles. The number of likely N-dealkylation sites (tertiary alicyclic amines) is 1. The standard InChI is InChI=1S/C52H48F2N6O2/c1-3-17-46-48(44(31-35-19-11-14-26-42(35)53)55-59(46)38-21-7-5-8-22-38)51(61)50-49(47(18-4-2)60(56-50)39-23-9-6-10-24-39)52(62)57-30-29-36(32-57)41-34-58(45-28-16-13-25-40(41)45)33-37-20-12-15-27-43(37)54/h5-16,19-28,34,36H,3-4,17-18,29-33H2,1-2H3. The predicted octanol–water partition coefficient (Wildman–Crippen LogP) is 10.7. The number of carbonyl (C=O) groups excluding carboxylic acids is 2. The minimum absolute atomic E-state index is 0.0105. The van der Waals surface area contributed by atoms with Gasteiger partial charge >= 0.3 is 0 Å². The molecule has 1 saturated heterocycles. The van der Waals surface area contributed by atoms with Crippen molar-refractivity contribution in [1.82, 2.24) is 29.0 Å². The Morgan fingerprint density at radius 2 is 1.23 bits per heavy atom. The number of ketones is 1. The Balaban J connectivity index is 1.15. The summed E-state index contributed by atoms with van der Waals surface area (Å²) in [6.45, 7) is 5.40. The van der Waals surface area contributed by atoms with Crippen LogP contribution in [0, 0.1) is 11.6 Å². The number of halogens is 2. The van der Waals surface area contributed by atoms with Gasteiger partial charge in [-0.2, -0.15) is 10.2 Å². The molecule has 0 N–H and O–H groups in total. The molecule has 1 aliphatic rings. The van der Waals surface area contributed by atoms with Gasteiger partial charge in [0.25, 0.3) is 5.91 Å². The van der Waals surface area contributed by atoms with Crippen LogP contribution in [0.4, 0.5) is 8.78 Å². The van der Waals surface area contributed by atoms with E-state index in [1.54, 1.807) is 33.6 Å². The van der Waals surface area contributed by atoms with E-state index in [1.807, 2.05) is 96.8 Å². The molecule has 1 fully saturated rings. The van der Waals surface area contributed by atoms with Gasteiger partial charge in [0.15, 0.2) is 0 Å². The Bertz CT molecular complexity index is 2900. The van der Waals surface area contributed by atoms with Crippen LogP contribution in [0.3, 0.4) is 0 Å². The van der Waals surface area contributed by atoms with Gasteiger partial charge in [0.05, 0.1) is 46.1 Å². The zero-order valence-electron chi connectivity index (χ0n) is 35.0. The maximum absolute atomic E-state index is 15.6. The zero-order valence-corrected chi connectivity index (χ0v) is 35.0. The molecular weight excluding hydrogens is 779 g/mol. The highest BCUT2D eigenvalue weighted by molar-refractivity contribution is 6.16. The van der Waals surface area contributed by atoms with Gasteiger partial charge < -0.3 is 9.47 Å². The van der Waals surface area contributed by atoms with Gasteiger partial charge in [0, 0.05) is 48.1 Å². The normalized spacial score (nSPS) is 13.9. The Hall–Kier alpha value is -6.94. The van der Waals surface area contributed by atoms with Crippen LogP contribution < -0.4 is 0 Å². The van der Waals surface area contributed by atoms with Crippen LogP contribution in [-0.2, 0) is 25.8 Å². The number of hydrogen-bond acceptors (Lipinski definition) is 4. The Kier molecular flexibility index (Phi) is 11.5. The fourth-order valence-corrected chi connectivity index (χ4v) is 9.07. The highest BCUT2D eigenvalue weighted by Gasteiger charge is 2.38. The molecule has 0 radical (unpaired) electrons. The number of hydrogen-bond donors (Lipinski definition) is 0. The van der Waals surface area contributed by atoms with Crippen LogP contribution >= 0.6 is 0 Å². The molecule has 4 heterocycles. The lowest BCUT2D eigenvalue weighted by Gasteiger charge is -2.18. The van der Waals surface area contributed by atoms with E-state index in [4.69, 9.17) is 10.2 Å². The van der Waals surface area contributed by atoms with E-state index in [0.717, 1.165) is 40.7 Å². The first-order valence-electron chi connectivity index (χ1n) is 21.6. The first-order chi connectivity index (χ1) is 30.3. The van der Waals surface area contributed by atoms with Gasteiger partial charge in [-0.05, 0) is 72.9 Å². The van der Waals surface area contributed by atoms with Gasteiger partial charge in [-0.25, -0.2) is 18.1 Å². The number of amides is 1. The predicted molar refractivity (Wildman–Crippen MR) is 238 cm³/mol. The van der Waals surface area contributed by atoms with Crippen molar-refractivity contribution in [2.24, 2.45) is 0 Å². The summed E-state index contributed by atoms with van der Waals surface area (Å²) in [4.78, 5) is 32.8. The van der Waals surface area contributed by atoms with Crippen molar-refractivity contribution in [2.75, 3.05) is 13.1 Å². The first-order valence-corrected chi connectivity index (χ1v) is 21.6. The molecule has 5 aromatic carbocycles. The summed E-state index contributed by atoms with van der Waals surface area (Å²) in [6.07, 6.45) is 5.35. The third kappa shape index (κ3) is 7.66. The molecular formula is C52H48F2N6O2. The summed E-state index contributed by atoms with van der Waals surface area (Å²) in [5, 5.41) is 11.2. The average molecular weight is 827 g/mol. The lowest BCUT2D eigenvalue weighted by atomic mass is 9.95. The van der Waals surface area contributed by atoms with E-state index in [9.17, 15) is 4.39 Å². The van der Waals surface area contributed by atoms with Crippen molar-refractivity contribution < 1.29 is 18.4 Å². The maximum Gasteiger partial charge on any atom is 0.258 e. The third-order valence-electron chi connectivity index (χ3n) is 12.0. The van der Waals surface area contributed by atoms with Crippen LogP contribution in [0.15, 0.2) is 140 Å². The molecule has 0 saturated carbocycles. The molecule has 1 unspecified atom stereocenters. The van der Waals surface area contributed by atoms with Crippen molar-refractivity contribution in [3.05, 3.63) is 202 Å². The van der Waals surface area contributed by atoms with E-state index in [-0.39, 0.29) is 41.1 Å². The summed E-state index contributed by atoms with van der Waals surface area (Å²) < 4.78 is 35.8. The summed E-state index contributed by atoms with van der Waals surface area (Å²) in [6, 6.07) is 40.8. The van der Waals surface area contributed by atoms with E-state index in [1.165, 1.54) is 12.1 Å². The van der Waals surface area contributed by atoms with Gasteiger partial charge in [0.2, 0.25) is 5.78 Å². The second kappa shape index (κ2) is 17.6. The van der Waals surface area contributed by atoms with Gasteiger partial charge in [0.1, 0.15) is 17.3 Å². The van der Waals surface area contributed by atoms with Crippen LogP contribution in [-0.4, -0.2) is 53.8 Å². The van der Waals surface area contributed by atoms with Crippen molar-refractivity contribution >= 4 is 22.6 Å². The first kappa shape index (κ1) is 40.5. The number of benzene rings is 5. The van der Waals surface area contributed by atoms with Crippen molar-refractivity contribution in [3.63, 3.8) is 0 Å². The lowest BCUT2D eigenvalue weighted by molar-refractivity contribution is 0.0784. The molecule has 0 spiro atoms. The van der Waals surface area contributed by atoms with Crippen LogP contribution in [0.2, 0.25) is 0 Å². The minimum atomic E-state index is -0.413. The van der Waals surface area contributed by atoms with Gasteiger partial charge in [-0.3, -0.25) is 9.59 Å². The molecule has 312 valence electrons. The van der Waals surface area contributed by atoms with Crippen LogP contribution in [0.25, 0.3) is 22.3 Å². The Morgan fingerprint density at radius 3 is 1.87 bits per heavy atom. The molecule has 9 rings (SSSR count). The van der Waals surface area contributed by atoms with Crippen molar-refractivity contribution in [3.8, 4) is 11.4 Å². The molecule has 0 aliphatic carbocycles. The number of carbonyl (C=O) groups is 2. The zero-order chi connectivity index (χ0) is 42.7. The highest BCUT2D eigenvalue weighted by Crippen LogP contribution is 2.37. The van der Waals surface area contributed by atoms with Crippen molar-refractivity contribution in [1.29, 1.82) is 0 Å². The molecule has 8 nitrogen and oxygen atoms in total. The molecule has 0 bridgehead atoms. The Morgan fingerprint density at radius 1 is 0.661 bits per heavy atom. The number of fused-ring (bicyclic) bond motifs is 1. The largest absolute Gasteiger partial charge is 0.343 e. The van der Waals surface area contributed by atoms with E-state index in [2.05, 4.69) is 29.8 Å². The van der Waals surface area contributed by atoms with Gasteiger partial charge in [-0.15, -0.1) is 0 Å². The Labute approximate surface area is 360 Å². The van der Waals surface area contributed by atoms with Gasteiger partial charge in [-0.1, -0.05) is 118 Å². The molecule has 3 aromatic heterocycles. The topological polar surface area (TPSA) is 78.0 Å². The molecule has 1 amide bonds. The number of nitrogens with zero attached hydrogens (tertiary/aromatic N) is 6. The fraction of sp³-hybridized carbons (Fsp3) is 0.231. The molecule has 10 heteroatoms. The maximum atomic E-state index is 15.6. The SMILES string of the molecule is CCCc1c(C(=O)c2nn(-c3ccccc3)c(CCC)c2C(=O)N2CCC(c3cn(Cc4ccccc4F)c4ccccc34)C2)c(Cc2ccccc2F)nn1-c1ccccc1. The minimum Gasteiger partial charge on any atom is -0.343 e. The summed E-state index contributed by atoms with van der Waals surface area (Å²) in [5.41, 5.74) is 7.12. The second-order valence-electron chi connectivity index (χ2n) is 16.1. The fourth-order valence-electron chi connectivity index (χ4n) is 9.07. The van der Waals surface area contributed by atoms with Crippen LogP contribution in [0.1, 0.15) is 99.2 Å². The van der Waals surface area contributed by atoms with E-state index < -0.39 is 5.78 Å². The summed E-state index contributed by atoms with van der Waals surface area (Å²) >= 11 is 0.